The van der Waals surface area contributed by atoms with Crippen LogP contribution in [0.5, 0.6) is 11.5 Å². The molecule has 3 aromatic rings. The SMILES string of the molecule is O=C(O)c1cc(C(=O)O)c(C(=O)Oc2ccccc2)cc1C(=O)Oc1ccccc1. The summed E-state index contributed by atoms with van der Waals surface area (Å²) in [6.07, 6.45) is 0. The molecule has 3 aromatic carbocycles. The van der Waals surface area contributed by atoms with Crippen LogP contribution in [0.15, 0.2) is 72.8 Å². The van der Waals surface area contributed by atoms with E-state index in [2.05, 4.69) is 0 Å². The summed E-state index contributed by atoms with van der Waals surface area (Å²) in [6.45, 7) is 0. The second-order valence-electron chi connectivity index (χ2n) is 5.96. The first kappa shape index (κ1) is 20.3. The predicted molar refractivity (Wildman–Crippen MR) is 103 cm³/mol. The molecule has 0 fully saturated rings. The fourth-order valence-corrected chi connectivity index (χ4v) is 2.59. The summed E-state index contributed by atoms with van der Waals surface area (Å²) in [4.78, 5) is 48.4. The highest BCUT2D eigenvalue weighted by molar-refractivity contribution is 6.10. The number of para-hydroxylation sites is 2. The van der Waals surface area contributed by atoms with Gasteiger partial charge in [0.05, 0.1) is 22.3 Å². The van der Waals surface area contributed by atoms with Gasteiger partial charge in [-0.3, -0.25) is 0 Å². The minimum absolute atomic E-state index is 0.148. The molecule has 2 N–H and O–H groups in total. The molecule has 30 heavy (non-hydrogen) atoms. The number of esters is 2. The fourth-order valence-electron chi connectivity index (χ4n) is 2.59. The maximum Gasteiger partial charge on any atom is 0.344 e. The third-order valence-corrected chi connectivity index (χ3v) is 3.97. The van der Waals surface area contributed by atoms with Crippen molar-refractivity contribution >= 4 is 23.9 Å². The number of benzene rings is 3. The van der Waals surface area contributed by atoms with Gasteiger partial charge in [0.25, 0.3) is 0 Å². The van der Waals surface area contributed by atoms with E-state index in [9.17, 15) is 29.4 Å². The van der Waals surface area contributed by atoms with Gasteiger partial charge in [-0.05, 0) is 36.4 Å². The third kappa shape index (κ3) is 4.50. The molecular weight excluding hydrogens is 392 g/mol. The average Bonchev–Trinajstić information content (AvgIpc) is 2.74. The fraction of sp³-hybridized carbons (Fsp3) is 0. The maximum absolute atomic E-state index is 12.6. The predicted octanol–water partition coefficient (Wildman–Crippen LogP) is 3.52. The third-order valence-electron chi connectivity index (χ3n) is 3.97. The Hall–Kier alpha value is -4.46. The molecule has 0 heterocycles. The van der Waals surface area contributed by atoms with Gasteiger partial charge in [0, 0.05) is 0 Å². The van der Waals surface area contributed by atoms with Gasteiger partial charge in [0.2, 0.25) is 0 Å². The van der Waals surface area contributed by atoms with E-state index in [1.165, 1.54) is 24.3 Å². The molecule has 0 spiro atoms. The molecule has 0 amide bonds. The van der Waals surface area contributed by atoms with Gasteiger partial charge in [0.1, 0.15) is 11.5 Å². The van der Waals surface area contributed by atoms with Crippen LogP contribution in [0.3, 0.4) is 0 Å². The van der Waals surface area contributed by atoms with Gasteiger partial charge in [-0.1, -0.05) is 36.4 Å². The summed E-state index contributed by atoms with van der Waals surface area (Å²) in [7, 11) is 0. The number of rotatable bonds is 6. The van der Waals surface area contributed by atoms with Crippen LogP contribution in [0, 0.1) is 0 Å². The Bertz CT molecular complexity index is 1030. The molecule has 0 aliphatic carbocycles. The number of hydrogen-bond donors (Lipinski definition) is 2. The number of carbonyl (C=O) groups excluding carboxylic acids is 2. The second-order valence-corrected chi connectivity index (χ2v) is 5.96. The highest BCUT2D eigenvalue weighted by atomic mass is 16.5. The van der Waals surface area contributed by atoms with Crippen molar-refractivity contribution in [2.45, 2.75) is 0 Å². The zero-order valence-electron chi connectivity index (χ0n) is 15.3. The summed E-state index contributed by atoms with van der Waals surface area (Å²) in [5.74, 6) is -4.95. The normalized spacial score (nSPS) is 10.1. The van der Waals surface area contributed by atoms with E-state index in [-0.39, 0.29) is 11.5 Å². The Morgan fingerprint density at radius 2 is 0.867 bits per heavy atom. The first-order chi connectivity index (χ1) is 14.4. The van der Waals surface area contributed by atoms with Crippen LogP contribution in [0.4, 0.5) is 0 Å². The van der Waals surface area contributed by atoms with Gasteiger partial charge >= 0.3 is 23.9 Å². The molecule has 0 unspecified atom stereocenters. The molecule has 0 aliphatic rings. The molecule has 8 nitrogen and oxygen atoms in total. The summed E-state index contributed by atoms with van der Waals surface area (Å²) in [6, 6.07) is 17.3. The number of carboxylic acids is 2. The van der Waals surface area contributed by atoms with Crippen LogP contribution < -0.4 is 9.47 Å². The van der Waals surface area contributed by atoms with Crippen LogP contribution >= 0.6 is 0 Å². The first-order valence-corrected chi connectivity index (χ1v) is 8.56. The van der Waals surface area contributed by atoms with Crippen LogP contribution in [0.25, 0.3) is 0 Å². The topological polar surface area (TPSA) is 127 Å². The van der Waals surface area contributed by atoms with Gasteiger partial charge in [0.15, 0.2) is 0 Å². The van der Waals surface area contributed by atoms with Gasteiger partial charge < -0.3 is 19.7 Å². The van der Waals surface area contributed by atoms with Crippen LogP contribution in [-0.2, 0) is 0 Å². The number of ether oxygens (including phenoxy) is 2. The van der Waals surface area contributed by atoms with Crippen LogP contribution in [-0.4, -0.2) is 34.1 Å². The van der Waals surface area contributed by atoms with Gasteiger partial charge in [-0.2, -0.15) is 0 Å². The number of aromatic carboxylic acids is 2. The second kappa shape index (κ2) is 8.70. The Labute approximate surface area is 169 Å². The average molecular weight is 406 g/mol. The van der Waals surface area contributed by atoms with E-state index in [0.29, 0.717) is 0 Å². The zero-order valence-corrected chi connectivity index (χ0v) is 15.3. The zero-order chi connectivity index (χ0) is 21.7. The molecule has 0 atom stereocenters. The quantitative estimate of drug-likeness (QED) is 0.470. The molecule has 8 heteroatoms. The molecule has 0 radical (unpaired) electrons. The standard InChI is InChI=1S/C22H14O8/c23-19(24)15-11-16(20(25)26)18(22(28)30-14-9-5-2-6-10-14)12-17(15)21(27)29-13-7-3-1-4-8-13/h1-12H,(H,23,24)(H,25,26). The van der Waals surface area contributed by atoms with E-state index in [4.69, 9.17) is 9.47 Å². The van der Waals surface area contributed by atoms with Crippen molar-refractivity contribution in [2.24, 2.45) is 0 Å². The molecule has 0 bridgehead atoms. The van der Waals surface area contributed by atoms with E-state index in [0.717, 1.165) is 12.1 Å². The summed E-state index contributed by atoms with van der Waals surface area (Å²) >= 11 is 0. The minimum Gasteiger partial charge on any atom is -0.478 e. The summed E-state index contributed by atoms with van der Waals surface area (Å²) < 4.78 is 10.3. The van der Waals surface area contributed by atoms with Crippen molar-refractivity contribution in [1.29, 1.82) is 0 Å². The lowest BCUT2D eigenvalue weighted by molar-refractivity contribution is 0.0654. The highest BCUT2D eigenvalue weighted by Gasteiger charge is 2.27. The Kier molecular flexibility index (Phi) is 5.88. The minimum atomic E-state index is -1.56. The summed E-state index contributed by atoms with van der Waals surface area (Å²) in [5.41, 5.74) is -2.22. The van der Waals surface area contributed by atoms with E-state index >= 15 is 0 Å². The van der Waals surface area contributed by atoms with E-state index in [1.807, 2.05) is 0 Å². The molecule has 0 saturated heterocycles. The molecule has 150 valence electrons. The smallest absolute Gasteiger partial charge is 0.344 e. The van der Waals surface area contributed by atoms with Crippen molar-refractivity contribution in [1.82, 2.24) is 0 Å². The lowest BCUT2D eigenvalue weighted by atomic mass is 9.98. The largest absolute Gasteiger partial charge is 0.478 e. The van der Waals surface area contributed by atoms with Crippen molar-refractivity contribution in [2.75, 3.05) is 0 Å². The Balaban J connectivity index is 2.06. The molecule has 0 aliphatic heterocycles. The molecular formula is C22H14O8. The van der Waals surface area contributed by atoms with Crippen molar-refractivity contribution in [3.05, 3.63) is 95.1 Å². The van der Waals surface area contributed by atoms with Crippen LogP contribution in [0.1, 0.15) is 41.4 Å². The number of carboxylic acid groups (broad SMARTS) is 2. The number of hydrogen-bond acceptors (Lipinski definition) is 6. The van der Waals surface area contributed by atoms with Gasteiger partial charge in [-0.25, -0.2) is 19.2 Å². The number of carbonyl (C=O) groups is 4. The lowest BCUT2D eigenvalue weighted by Gasteiger charge is -2.12. The highest BCUT2D eigenvalue weighted by Crippen LogP contribution is 2.22. The molecule has 0 aromatic heterocycles. The van der Waals surface area contributed by atoms with Crippen molar-refractivity contribution in [3.63, 3.8) is 0 Å². The Morgan fingerprint density at radius 1 is 0.533 bits per heavy atom. The Morgan fingerprint density at radius 3 is 1.20 bits per heavy atom. The van der Waals surface area contributed by atoms with Crippen LogP contribution in [0.2, 0.25) is 0 Å². The van der Waals surface area contributed by atoms with Gasteiger partial charge in [-0.15, -0.1) is 0 Å². The lowest BCUT2D eigenvalue weighted by Crippen LogP contribution is -2.20. The van der Waals surface area contributed by atoms with E-state index < -0.39 is 46.1 Å². The molecule has 0 saturated carbocycles. The maximum atomic E-state index is 12.6. The van der Waals surface area contributed by atoms with Crippen molar-refractivity contribution in [3.8, 4) is 11.5 Å². The van der Waals surface area contributed by atoms with Crippen molar-refractivity contribution < 1.29 is 38.9 Å². The monoisotopic (exact) mass is 406 g/mol. The van der Waals surface area contributed by atoms with E-state index in [1.54, 1.807) is 36.4 Å². The first-order valence-electron chi connectivity index (χ1n) is 8.56. The summed E-state index contributed by atoms with van der Waals surface area (Å²) in [5, 5.41) is 18.9. The molecule has 3 rings (SSSR count).